The second kappa shape index (κ2) is 7.32. The van der Waals surface area contributed by atoms with Gasteiger partial charge in [-0.15, -0.1) is 0 Å². The van der Waals surface area contributed by atoms with E-state index in [1.54, 1.807) is 30.2 Å². The number of hydrogen-bond donors (Lipinski definition) is 0. The molecule has 0 radical (unpaired) electrons. The maximum absolute atomic E-state index is 12.6. The first-order chi connectivity index (χ1) is 13.1. The number of likely N-dealkylation sites (tertiary alicyclic amines) is 1. The number of aromatic nitrogens is 2. The molecule has 8 heteroatoms. The van der Waals surface area contributed by atoms with Crippen molar-refractivity contribution >= 4 is 33.4 Å². The smallest absolute Gasteiger partial charge is 0.255 e. The minimum Gasteiger partial charge on any atom is -0.496 e. The number of ether oxygens (including phenoxy) is 1. The molecular weight excluding hydrogens is 434 g/mol. The van der Waals surface area contributed by atoms with Crippen LogP contribution in [0, 0.1) is 0 Å². The van der Waals surface area contributed by atoms with E-state index >= 15 is 0 Å². The van der Waals surface area contributed by atoms with E-state index in [0.717, 1.165) is 10.0 Å². The quantitative estimate of drug-likeness (QED) is 0.592. The summed E-state index contributed by atoms with van der Waals surface area (Å²) in [6.07, 6.45) is 0. The van der Waals surface area contributed by atoms with E-state index in [4.69, 9.17) is 20.9 Å². The van der Waals surface area contributed by atoms with E-state index in [0.29, 0.717) is 41.1 Å². The minimum atomic E-state index is -0.109. The first-order valence-electron chi connectivity index (χ1n) is 8.28. The average molecular weight is 449 g/mol. The van der Waals surface area contributed by atoms with Crippen LogP contribution >= 0.6 is 27.5 Å². The summed E-state index contributed by atoms with van der Waals surface area (Å²) in [5, 5.41) is 4.49. The normalized spacial score (nSPS) is 14.1. The molecule has 0 unspecified atom stereocenters. The lowest BCUT2D eigenvalue weighted by Crippen LogP contribution is -2.48. The molecule has 0 atom stereocenters. The third-order valence-corrected chi connectivity index (χ3v) is 5.29. The number of methoxy groups -OCH3 is 1. The first-order valence-corrected chi connectivity index (χ1v) is 9.45. The Balaban J connectivity index is 1.47. The van der Waals surface area contributed by atoms with Crippen LogP contribution in [0.3, 0.4) is 0 Å². The van der Waals surface area contributed by atoms with Crippen molar-refractivity contribution in [1.82, 2.24) is 15.0 Å². The number of rotatable bonds is 4. The van der Waals surface area contributed by atoms with Gasteiger partial charge in [-0.25, -0.2) is 0 Å². The number of para-hydroxylation sites is 1. The molecule has 0 N–H and O–H groups in total. The predicted octanol–water partition coefficient (Wildman–Crippen LogP) is 4.40. The number of halogens is 2. The number of amides is 1. The van der Waals surface area contributed by atoms with Crippen molar-refractivity contribution in [3.63, 3.8) is 0 Å². The molecule has 0 spiro atoms. The lowest BCUT2D eigenvalue weighted by molar-refractivity contribution is 0.0569. The van der Waals surface area contributed by atoms with Gasteiger partial charge < -0.3 is 14.2 Å². The fourth-order valence-corrected chi connectivity index (χ4v) is 3.53. The van der Waals surface area contributed by atoms with Crippen LogP contribution in [0.4, 0.5) is 0 Å². The molecule has 0 saturated carbocycles. The Bertz CT molecular complexity index is 1000. The molecule has 2 aromatic carbocycles. The Morgan fingerprint density at radius 2 is 2.07 bits per heavy atom. The summed E-state index contributed by atoms with van der Waals surface area (Å²) >= 11 is 9.51. The number of benzene rings is 2. The predicted molar refractivity (Wildman–Crippen MR) is 104 cm³/mol. The molecule has 1 fully saturated rings. The van der Waals surface area contributed by atoms with Gasteiger partial charge in [0.2, 0.25) is 11.7 Å². The Morgan fingerprint density at radius 1 is 1.30 bits per heavy atom. The largest absolute Gasteiger partial charge is 0.496 e. The standard InChI is InChI=1S/C19H15BrClN3O3/c1-26-16-5-3-2-4-13(16)17-22-18(27-23-17)11-9-24(10-11)19(25)14-8-12(20)6-7-15(14)21/h2-8,11H,9-10H2,1H3. The van der Waals surface area contributed by atoms with Crippen LogP contribution < -0.4 is 4.74 Å². The van der Waals surface area contributed by atoms with Gasteiger partial charge in [-0.1, -0.05) is 44.8 Å². The number of carbonyl (C=O) groups is 1. The zero-order chi connectivity index (χ0) is 19.0. The van der Waals surface area contributed by atoms with Crippen molar-refractivity contribution in [2.24, 2.45) is 0 Å². The highest BCUT2D eigenvalue weighted by Gasteiger charge is 2.36. The Labute approximate surface area is 169 Å². The molecular formula is C19H15BrClN3O3. The molecule has 4 rings (SSSR count). The zero-order valence-electron chi connectivity index (χ0n) is 14.4. The lowest BCUT2D eigenvalue weighted by atomic mass is 9.98. The average Bonchev–Trinajstić information content (AvgIpc) is 3.11. The van der Waals surface area contributed by atoms with Crippen LogP contribution in [0.1, 0.15) is 22.2 Å². The molecule has 1 aromatic heterocycles. The highest BCUT2D eigenvalue weighted by atomic mass is 79.9. The van der Waals surface area contributed by atoms with Crippen LogP contribution in [-0.4, -0.2) is 41.1 Å². The van der Waals surface area contributed by atoms with Gasteiger partial charge in [0.1, 0.15) is 5.75 Å². The highest BCUT2D eigenvalue weighted by molar-refractivity contribution is 9.10. The Hall–Kier alpha value is -2.38. The molecule has 1 amide bonds. The van der Waals surface area contributed by atoms with Gasteiger partial charge in [-0.3, -0.25) is 4.79 Å². The second-order valence-corrected chi connectivity index (χ2v) is 7.51. The monoisotopic (exact) mass is 447 g/mol. The van der Waals surface area contributed by atoms with Crippen LogP contribution in [0.15, 0.2) is 51.5 Å². The van der Waals surface area contributed by atoms with Gasteiger partial charge in [0.15, 0.2) is 0 Å². The topological polar surface area (TPSA) is 68.5 Å². The van der Waals surface area contributed by atoms with E-state index in [2.05, 4.69) is 26.1 Å². The van der Waals surface area contributed by atoms with Gasteiger partial charge >= 0.3 is 0 Å². The maximum Gasteiger partial charge on any atom is 0.255 e. The van der Waals surface area contributed by atoms with Gasteiger partial charge in [-0.2, -0.15) is 4.98 Å². The summed E-state index contributed by atoms with van der Waals surface area (Å²) in [6.45, 7) is 1.02. The molecule has 1 saturated heterocycles. The number of carbonyl (C=O) groups excluding carboxylic acids is 1. The second-order valence-electron chi connectivity index (χ2n) is 6.19. The van der Waals surface area contributed by atoms with E-state index in [1.807, 2.05) is 24.3 Å². The maximum atomic E-state index is 12.6. The fourth-order valence-electron chi connectivity index (χ4n) is 2.97. The molecule has 138 valence electrons. The van der Waals surface area contributed by atoms with Crippen molar-refractivity contribution in [2.45, 2.75) is 5.92 Å². The Morgan fingerprint density at radius 3 is 2.85 bits per heavy atom. The van der Waals surface area contributed by atoms with Crippen LogP contribution in [0.5, 0.6) is 5.75 Å². The van der Waals surface area contributed by atoms with E-state index in [-0.39, 0.29) is 11.8 Å². The molecule has 3 aromatic rings. The molecule has 6 nitrogen and oxygen atoms in total. The summed E-state index contributed by atoms with van der Waals surface area (Å²) in [5.74, 6) is 1.57. The Kier molecular flexibility index (Phi) is 4.88. The van der Waals surface area contributed by atoms with Crippen molar-refractivity contribution in [1.29, 1.82) is 0 Å². The van der Waals surface area contributed by atoms with Gasteiger partial charge in [0.05, 0.1) is 29.2 Å². The van der Waals surface area contributed by atoms with Crippen LogP contribution in [0.2, 0.25) is 5.02 Å². The SMILES string of the molecule is COc1ccccc1-c1noc(C2CN(C(=O)c3cc(Br)ccc3Cl)C2)n1. The lowest BCUT2D eigenvalue weighted by Gasteiger charge is -2.37. The van der Waals surface area contributed by atoms with Crippen LogP contribution in [-0.2, 0) is 0 Å². The number of nitrogens with zero attached hydrogens (tertiary/aromatic N) is 3. The van der Waals surface area contributed by atoms with Crippen molar-refractivity contribution in [2.75, 3.05) is 20.2 Å². The van der Waals surface area contributed by atoms with Gasteiger partial charge in [0.25, 0.3) is 5.91 Å². The summed E-state index contributed by atoms with van der Waals surface area (Å²) in [6, 6.07) is 12.7. The summed E-state index contributed by atoms with van der Waals surface area (Å²) in [7, 11) is 1.60. The zero-order valence-corrected chi connectivity index (χ0v) is 16.7. The van der Waals surface area contributed by atoms with Crippen molar-refractivity contribution in [3.8, 4) is 17.1 Å². The summed E-state index contributed by atoms with van der Waals surface area (Å²) < 4.78 is 11.6. The third kappa shape index (κ3) is 3.44. The van der Waals surface area contributed by atoms with Crippen LogP contribution in [0.25, 0.3) is 11.4 Å². The first kappa shape index (κ1) is 18.0. The molecule has 2 heterocycles. The molecule has 0 bridgehead atoms. The minimum absolute atomic E-state index is 0.0100. The third-order valence-electron chi connectivity index (χ3n) is 4.47. The van der Waals surface area contributed by atoms with Gasteiger partial charge in [-0.05, 0) is 30.3 Å². The van der Waals surface area contributed by atoms with Gasteiger partial charge in [0, 0.05) is 17.6 Å². The fraction of sp³-hybridized carbons (Fsp3) is 0.211. The summed E-state index contributed by atoms with van der Waals surface area (Å²) in [5.41, 5.74) is 1.24. The number of hydrogen-bond acceptors (Lipinski definition) is 5. The molecule has 1 aliphatic rings. The highest BCUT2D eigenvalue weighted by Crippen LogP contribution is 2.32. The molecule has 0 aliphatic carbocycles. The summed E-state index contributed by atoms with van der Waals surface area (Å²) in [4.78, 5) is 18.8. The molecule has 27 heavy (non-hydrogen) atoms. The van der Waals surface area contributed by atoms with E-state index in [1.165, 1.54) is 0 Å². The van der Waals surface area contributed by atoms with E-state index < -0.39 is 0 Å². The van der Waals surface area contributed by atoms with E-state index in [9.17, 15) is 4.79 Å². The molecule has 1 aliphatic heterocycles. The van der Waals surface area contributed by atoms with Crippen molar-refractivity contribution < 1.29 is 14.1 Å². The van der Waals surface area contributed by atoms with Crippen molar-refractivity contribution in [3.05, 3.63) is 63.4 Å².